The van der Waals surface area contributed by atoms with Gasteiger partial charge in [0.2, 0.25) is 0 Å². The van der Waals surface area contributed by atoms with Crippen molar-refractivity contribution in [2.45, 2.75) is 71.8 Å². The van der Waals surface area contributed by atoms with Crippen molar-refractivity contribution in [3.8, 4) is 0 Å². The lowest BCUT2D eigenvalue weighted by Crippen LogP contribution is -2.54. The van der Waals surface area contributed by atoms with Crippen molar-refractivity contribution in [3.05, 3.63) is 0 Å². The van der Waals surface area contributed by atoms with Crippen LogP contribution in [0, 0.1) is 0 Å². The lowest BCUT2D eigenvalue weighted by atomic mass is 10.0. The minimum absolute atomic E-state index is 0.182. The predicted octanol–water partition coefficient (Wildman–Crippen LogP) is 2.28. The highest BCUT2D eigenvalue weighted by Crippen LogP contribution is 2.14. The molecule has 17 heavy (non-hydrogen) atoms. The maximum Gasteiger partial charge on any atom is 0.326 e. The van der Waals surface area contributed by atoms with E-state index in [2.05, 4.69) is 14.8 Å². The Morgan fingerprint density at radius 2 is 1.65 bits per heavy atom. The van der Waals surface area contributed by atoms with Gasteiger partial charge < -0.3 is 9.26 Å². The summed E-state index contributed by atoms with van der Waals surface area (Å²) in [6.07, 6.45) is -0.269. The third kappa shape index (κ3) is 7.69. The van der Waals surface area contributed by atoms with Crippen LogP contribution >= 0.6 is 9.47 Å². The van der Waals surface area contributed by atoms with Gasteiger partial charge in [-0.2, -0.15) is 0 Å². The smallest absolute Gasteiger partial charge is 0.326 e. The summed E-state index contributed by atoms with van der Waals surface area (Å²) in [5, 5.41) is 3.22. The SMILES string of the molecule is CC(OP)C(NC(C)(C)C)C(=O)OC(C)(C)C. The van der Waals surface area contributed by atoms with E-state index >= 15 is 0 Å². The van der Waals surface area contributed by atoms with E-state index in [0.29, 0.717) is 0 Å². The second-order valence-corrected chi connectivity index (χ2v) is 6.52. The molecule has 0 heterocycles. The molecule has 0 aromatic carbocycles. The standard InChI is InChI=1S/C12H26NO3P/c1-8(16-17)9(13-11(2,3)4)10(14)15-12(5,6)7/h8-9,13H,17H2,1-7H3. The zero-order chi connectivity index (χ0) is 13.9. The highest BCUT2D eigenvalue weighted by atomic mass is 31.0. The predicted molar refractivity (Wildman–Crippen MR) is 72.8 cm³/mol. The minimum atomic E-state index is -0.491. The fourth-order valence-electron chi connectivity index (χ4n) is 1.28. The Hall–Kier alpha value is -0.180. The molecule has 1 N–H and O–H groups in total. The molecule has 0 aromatic rings. The van der Waals surface area contributed by atoms with Crippen LogP contribution in [0.1, 0.15) is 48.5 Å². The van der Waals surface area contributed by atoms with E-state index in [1.807, 2.05) is 48.5 Å². The van der Waals surface area contributed by atoms with Gasteiger partial charge in [-0.05, 0) is 48.5 Å². The van der Waals surface area contributed by atoms with Crippen molar-refractivity contribution in [2.75, 3.05) is 0 Å². The van der Waals surface area contributed by atoms with E-state index in [-0.39, 0.29) is 17.6 Å². The molecule has 5 heteroatoms. The van der Waals surface area contributed by atoms with Gasteiger partial charge in [-0.1, -0.05) is 0 Å². The summed E-state index contributed by atoms with van der Waals surface area (Å²) in [6.45, 7) is 13.4. The number of esters is 1. The first-order chi connectivity index (χ1) is 7.46. The normalized spacial score (nSPS) is 16.5. The quantitative estimate of drug-likeness (QED) is 0.624. The van der Waals surface area contributed by atoms with Gasteiger partial charge in [0.1, 0.15) is 11.6 Å². The lowest BCUT2D eigenvalue weighted by Gasteiger charge is -2.32. The van der Waals surface area contributed by atoms with Gasteiger partial charge in [0, 0.05) is 15.0 Å². The summed E-state index contributed by atoms with van der Waals surface area (Å²) >= 11 is 0. The summed E-state index contributed by atoms with van der Waals surface area (Å²) < 4.78 is 10.5. The molecule has 0 spiro atoms. The van der Waals surface area contributed by atoms with E-state index in [9.17, 15) is 4.79 Å². The van der Waals surface area contributed by atoms with E-state index in [4.69, 9.17) is 9.26 Å². The van der Waals surface area contributed by atoms with Crippen molar-refractivity contribution in [3.63, 3.8) is 0 Å². The molecule has 102 valence electrons. The number of ether oxygens (including phenoxy) is 1. The highest BCUT2D eigenvalue weighted by Gasteiger charge is 2.32. The summed E-state index contributed by atoms with van der Waals surface area (Å²) in [5.41, 5.74) is -0.672. The molecule has 0 saturated heterocycles. The molecule has 4 nitrogen and oxygen atoms in total. The first-order valence-corrected chi connectivity index (χ1v) is 6.29. The van der Waals surface area contributed by atoms with E-state index < -0.39 is 11.6 Å². The van der Waals surface area contributed by atoms with Crippen LogP contribution in [0.5, 0.6) is 0 Å². The van der Waals surface area contributed by atoms with Crippen molar-refractivity contribution >= 4 is 15.4 Å². The van der Waals surface area contributed by atoms with Gasteiger partial charge in [0.05, 0.1) is 6.10 Å². The molecular weight excluding hydrogens is 237 g/mol. The van der Waals surface area contributed by atoms with Gasteiger partial charge in [0.25, 0.3) is 0 Å². The van der Waals surface area contributed by atoms with Crippen LogP contribution in [0.15, 0.2) is 0 Å². The first kappa shape index (κ1) is 16.8. The summed E-state index contributed by atoms with van der Waals surface area (Å²) in [5.74, 6) is -0.289. The number of rotatable bonds is 4. The van der Waals surface area contributed by atoms with Crippen molar-refractivity contribution in [2.24, 2.45) is 0 Å². The van der Waals surface area contributed by atoms with Crippen molar-refractivity contribution < 1.29 is 14.1 Å². The Balaban J connectivity index is 4.75. The highest BCUT2D eigenvalue weighted by molar-refractivity contribution is 7.09. The fourth-order valence-corrected chi connectivity index (χ4v) is 1.44. The number of hydrogen-bond donors (Lipinski definition) is 1. The maximum atomic E-state index is 12.1. The molecule has 0 aliphatic carbocycles. The molecule has 0 bridgehead atoms. The maximum absolute atomic E-state index is 12.1. The van der Waals surface area contributed by atoms with Gasteiger partial charge in [-0.15, -0.1) is 0 Å². The first-order valence-electron chi connectivity index (χ1n) is 5.82. The van der Waals surface area contributed by atoms with Crippen LogP contribution in [-0.4, -0.2) is 29.3 Å². The van der Waals surface area contributed by atoms with E-state index in [1.54, 1.807) is 0 Å². The second kappa shape index (κ2) is 6.12. The van der Waals surface area contributed by atoms with Crippen molar-refractivity contribution in [1.82, 2.24) is 5.32 Å². The third-order valence-electron chi connectivity index (χ3n) is 1.93. The largest absolute Gasteiger partial charge is 0.459 e. The topological polar surface area (TPSA) is 47.6 Å². The van der Waals surface area contributed by atoms with Crippen LogP contribution in [0.4, 0.5) is 0 Å². The van der Waals surface area contributed by atoms with E-state index in [1.165, 1.54) is 0 Å². The van der Waals surface area contributed by atoms with Crippen LogP contribution in [0.25, 0.3) is 0 Å². The third-order valence-corrected chi connectivity index (χ3v) is 2.36. The second-order valence-electron chi connectivity index (χ2n) is 6.25. The zero-order valence-corrected chi connectivity index (χ0v) is 13.1. The molecular formula is C12H26NO3P. The van der Waals surface area contributed by atoms with Crippen LogP contribution in [-0.2, 0) is 14.1 Å². The molecule has 3 atom stereocenters. The summed E-state index contributed by atoms with van der Waals surface area (Å²) in [7, 11) is 2.18. The van der Waals surface area contributed by atoms with E-state index in [0.717, 1.165) is 0 Å². The molecule has 0 fully saturated rings. The molecule has 0 aliphatic rings. The number of hydrogen-bond acceptors (Lipinski definition) is 4. The average molecular weight is 263 g/mol. The monoisotopic (exact) mass is 263 g/mol. The van der Waals surface area contributed by atoms with Gasteiger partial charge in [-0.25, -0.2) is 0 Å². The van der Waals surface area contributed by atoms with Crippen LogP contribution in [0.3, 0.4) is 0 Å². The Morgan fingerprint density at radius 1 is 1.18 bits per heavy atom. The molecule has 0 aromatic heterocycles. The lowest BCUT2D eigenvalue weighted by molar-refractivity contribution is -0.160. The number of carbonyl (C=O) groups is 1. The summed E-state index contributed by atoms with van der Waals surface area (Å²) in [6, 6.07) is -0.480. The number of nitrogens with one attached hydrogen (secondary N) is 1. The Bertz CT molecular complexity index is 255. The zero-order valence-electron chi connectivity index (χ0n) is 12.0. The Morgan fingerprint density at radius 3 is 1.94 bits per heavy atom. The molecule has 0 radical (unpaired) electrons. The molecule has 0 saturated carbocycles. The minimum Gasteiger partial charge on any atom is -0.459 e. The Labute approximate surface area is 107 Å². The molecule has 0 aliphatic heterocycles. The van der Waals surface area contributed by atoms with Crippen LogP contribution < -0.4 is 5.32 Å². The van der Waals surface area contributed by atoms with Crippen LogP contribution in [0.2, 0.25) is 0 Å². The van der Waals surface area contributed by atoms with Gasteiger partial charge in [-0.3, -0.25) is 10.1 Å². The fraction of sp³-hybridized carbons (Fsp3) is 0.917. The van der Waals surface area contributed by atoms with Gasteiger partial charge >= 0.3 is 5.97 Å². The van der Waals surface area contributed by atoms with Crippen molar-refractivity contribution in [1.29, 1.82) is 0 Å². The molecule has 3 unspecified atom stereocenters. The molecule has 0 amide bonds. The Kier molecular flexibility index (Phi) is 6.06. The number of carbonyl (C=O) groups excluding carboxylic acids is 1. The summed E-state index contributed by atoms with van der Waals surface area (Å²) in [4.78, 5) is 12.1. The van der Waals surface area contributed by atoms with Gasteiger partial charge in [0.15, 0.2) is 0 Å². The average Bonchev–Trinajstić information content (AvgIpc) is 2.08. The molecule has 0 rings (SSSR count).